The van der Waals surface area contributed by atoms with E-state index < -0.39 is 0 Å². The second-order valence-electron chi connectivity index (χ2n) is 3.63. The Labute approximate surface area is 109 Å². The Balaban J connectivity index is 2.43. The molecule has 0 radical (unpaired) electrons. The van der Waals surface area contributed by atoms with Crippen molar-refractivity contribution >= 4 is 40.8 Å². The molecule has 90 valence electrons. The number of aromatic amines is 1. The van der Waals surface area contributed by atoms with E-state index >= 15 is 0 Å². The van der Waals surface area contributed by atoms with Gasteiger partial charge in [-0.05, 0) is 37.3 Å². The Hall–Kier alpha value is -1.33. The highest BCUT2D eigenvalue weighted by Crippen LogP contribution is 2.18. The molecule has 1 aromatic heterocycles. The van der Waals surface area contributed by atoms with E-state index in [0.29, 0.717) is 16.3 Å². The lowest BCUT2D eigenvalue weighted by Gasteiger charge is -2.04. The number of aromatic nitrogens is 2. The fraction of sp³-hybridized carbons (Fsp3) is 0.273. The van der Waals surface area contributed by atoms with E-state index in [1.807, 2.05) is 13.0 Å². The number of carbonyl (C=O) groups is 1. The van der Waals surface area contributed by atoms with Gasteiger partial charge in [-0.2, -0.15) is 0 Å². The average molecular weight is 270 g/mol. The molecule has 4 nitrogen and oxygen atoms in total. The van der Waals surface area contributed by atoms with Gasteiger partial charge in [0.05, 0.1) is 11.0 Å². The van der Waals surface area contributed by atoms with Crippen molar-refractivity contribution in [1.29, 1.82) is 0 Å². The number of fused-ring (bicyclic) bond motifs is 1. The van der Waals surface area contributed by atoms with Crippen LogP contribution in [0.4, 0.5) is 0 Å². The lowest BCUT2D eigenvalue weighted by Crippen LogP contribution is -2.27. The summed E-state index contributed by atoms with van der Waals surface area (Å²) < 4.78 is 2.28. The van der Waals surface area contributed by atoms with E-state index in [9.17, 15) is 4.79 Å². The standard InChI is InChI=1S/C11H12ClN3OS/c1-2-13-10(16)6-15-9-4-3-7(12)5-8(9)14-11(15)17/h3-5H,2,6H2,1H3,(H,13,16)(H,14,17). The molecular weight excluding hydrogens is 258 g/mol. The lowest BCUT2D eigenvalue weighted by molar-refractivity contribution is -0.121. The number of amides is 1. The summed E-state index contributed by atoms with van der Waals surface area (Å²) >= 11 is 11.1. The van der Waals surface area contributed by atoms with Crippen LogP contribution in [0.5, 0.6) is 0 Å². The number of nitrogens with zero attached hydrogens (tertiary/aromatic N) is 1. The summed E-state index contributed by atoms with van der Waals surface area (Å²) in [6.45, 7) is 2.71. The minimum absolute atomic E-state index is 0.0561. The molecule has 1 amide bonds. The summed E-state index contributed by atoms with van der Waals surface area (Å²) in [5, 5.41) is 3.38. The van der Waals surface area contributed by atoms with Crippen molar-refractivity contribution in [1.82, 2.24) is 14.9 Å². The first-order valence-corrected chi connectivity index (χ1v) is 6.05. The van der Waals surface area contributed by atoms with Crippen molar-refractivity contribution in [2.24, 2.45) is 0 Å². The lowest BCUT2D eigenvalue weighted by atomic mass is 10.3. The summed E-state index contributed by atoms with van der Waals surface area (Å²) in [4.78, 5) is 14.6. The molecule has 0 aliphatic carbocycles. The number of rotatable bonds is 3. The third-order valence-corrected chi connectivity index (χ3v) is 2.97. The van der Waals surface area contributed by atoms with Gasteiger partial charge in [-0.1, -0.05) is 11.6 Å². The molecule has 6 heteroatoms. The minimum Gasteiger partial charge on any atom is -0.355 e. The van der Waals surface area contributed by atoms with Crippen LogP contribution in [0.15, 0.2) is 18.2 Å². The molecule has 0 unspecified atom stereocenters. The molecule has 0 atom stereocenters. The monoisotopic (exact) mass is 269 g/mol. The summed E-state index contributed by atoms with van der Waals surface area (Å²) in [5.41, 5.74) is 1.72. The predicted molar refractivity (Wildman–Crippen MR) is 70.8 cm³/mol. The number of hydrogen-bond acceptors (Lipinski definition) is 2. The first kappa shape index (κ1) is 12.1. The van der Waals surface area contributed by atoms with Crippen molar-refractivity contribution in [2.45, 2.75) is 13.5 Å². The van der Waals surface area contributed by atoms with E-state index in [-0.39, 0.29) is 12.5 Å². The van der Waals surface area contributed by atoms with Gasteiger partial charge in [-0.3, -0.25) is 4.79 Å². The topological polar surface area (TPSA) is 49.8 Å². The summed E-state index contributed by atoms with van der Waals surface area (Å²) in [6, 6.07) is 5.42. The average Bonchev–Trinajstić information content (AvgIpc) is 2.55. The molecule has 0 saturated carbocycles. The van der Waals surface area contributed by atoms with Gasteiger partial charge >= 0.3 is 0 Å². The van der Waals surface area contributed by atoms with Crippen LogP contribution in [0.1, 0.15) is 6.92 Å². The minimum atomic E-state index is -0.0561. The molecule has 0 spiro atoms. The molecule has 0 saturated heterocycles. The number of hydrogen-bond donors (Lipinski definition) is 2. The molecule has 2 aromatic rings. The van der Waals surface area contributed by atoms with Gasteiger partial charge in [0.2, 0.25) is 5.91 Å². The molecule has 1 aromatic carbocycles. The van der Waals surface area contributed by atoms with Gasteiger partial charge in [0.25, 0.3) is 0 Å². The van der Waals surface area contributed by atoms with E-state index in [1.54, 1.807) is 16.7 Å². The van der Waals surface area contributed by atoms with Gasteiger partial charge in [0.1, 0.15) is 6.54 Å². The smallest absolute Gasteiger partial charge is 0.240 e. The highest BCUT2D eigenvalue weighted by Gasteiger charge is 2.08. The zero-order chi connectivity index (χ0) is 12.4. The maximum absolute atomic E-state index is 11.6. The zero-order valence-electron chi connectivity index (χ0n) is 9.29. The normalized spacial score (nSPS) is 10.7. The fourth-order valence-corrected chi connectivity index (χ4v) is 2.13. The predicted octanol–water partition coefficient (Wildman–Crippen LogP) is 2.49. The van der Waals surface area contributed by atoms with Gasteiger partial charge < -0.3 is 14.9 Å². The van der Waals surface area contributed by atoms with E-state index in [0.717, 1.165) is 11.0 Å². The summed E-state index contributed by atoms with van der Waals surface area (Å²) in [5.74, 6) is -0.0561. The fourth-order valence-electron chi connectivity index (χ4n) is 1.69. The van der Waals surface area contributed by atoms with Gasteiger partial charge in [-0.15, -0.1) is 0 Å². The van der Waals surface area contributed by atoms with Crippen LogP contribution in [0.3, 0.4) is 0 Å². The van der Waals surface area contributed by atoms with Crippen LogP contribution in [0, 0.1) is 4.77 Å². The zero-order valence-corrected chi connectivity index (χ0v) is 10.9. The number of H-pyrrole nitrogens is 1. The van der Waals surface area contributed by atoms with Crippen LogP contribution >= 0.6 is 23.8 Å². The number of likely N-dealkylation sites (N-methyl/N-ethyl adjacent to an activating group) is 1. The maximum Gasteiger partial charge on any atom is 0.240 e. The molecule has 0 bridgehead atoms. The van der Waals surface area contributed by atoms with E-state index in [4.69, 9.17) is 23.8 Å². The summed E-state index contributed by atoms with van der Waals surface area (Å²) in [6.07, 6.45) is 0. The number of halogens is 1. The van der Waals surface area contributed by atoms with Crippen LogP contribution < -0.4 is 5.32 Å². The highest BCUT2D eigenvalue weighted by molar-refractivity contribution is 7.71. The second-order valence-corrected chi connectivity index (χ2v) is 4.45. The first-order valence-electron chi connectivity index (χ1n) is 5.26. The van der Waals surface area contributed by atoms with Gasteiger partial charge in [0.15, 0.2) is 4.77 Å². The quantitative estimate of drug-likeness (QED) is 0.841. The van der Waals surface area contributed by atoms with Crippen molar-refractivity contribution in [3.63, 3.8) is 0 Å². The van der Waals surface area contributed by atoms with Crippen molar-refractivity contribution in [3.8, 4) is 0 Å². The Morgan fingerprint density at radius 2 is 2.35 bits per heavy atom. The third kappa shape index (κ3) is 2.50. The van der Waals surface area contributed by atoms with Gasteiger partial charge in [-0.25, -0.2) is 0 Å². The van der Waals surface area contributed by atoms with Crippen LogP contribution in [-0.4, -0.2) is 22.0 Å². The Morgan fingerprint density at radius 3 is 3.06 bits per heavy atom. The molecular formula is C11H12ClN3OS. The third-order valence-electron chi connectivity index (χ3n) is 2.41. The molecule has 17 heavy (non-hydrogen) atoms. The number of benzene rings is 1. The van der Waals surface area contributed by atoms with Gasteiger partial charge in [0, 0.05) is 11.6 Å². The van der Waals surface area contributed by atoms with Crippen molar-refractivity contribution in [2.75, 3.05) is 6.54 Å². The van der Waals surface area contributed by atoms with E-state index in [2.05, 4.69) is 10.3 Å². The molecule has 2 rings (SSSR count). The second kappa shape index (κ2) is 4.89. The van der Waals surface area contributed by atoms with Crippen LogP contribution in [0.2, 0.25) is 5.02 Å². The van der Waals surface area contributed by atoms with E-state index in [1.165, 1.54) is 0 Å². The van der Waals surface area contributed by atoms with Crippen LogP contribution in [0.25, 0.3) is 11.0 Å². The highest BCUT2D eigenvalue weighted by atomic mass is 35.5. The van der Waals surface area contributed by atoms with Crippen molar-refractivity contribution in [3.05, 3.63) is 28.0 Å². The molecule has 2 N–H and O–H groups in total. The number of carbonyl (C=O) groups excluding carboxylic acids is 1. The Kier molecular flexibility index (Phi) is 3.49. The first-order chi connectivity index (χ1) is 8.11. The van der Waals surface area contributed by atoms with Crippen molar-refractivity contribution < 1.29 is 4.79 Å². The van der Waals surface area contributed by atoms with Crippen LogP contribution in [-0.2, 0) is 11.3 Å². The number of nitrogens with one attached hydrogen (secondary N) is 2. The maximum atomic E-state index is 11.6. The molecule has 0 aliphatic heterocycles. The molecule has 0 fully saturated rings. The Morgan fingerprint density at radius 1 is 1.59 bits per heavy atom. The SMILES string of the molecule is CCNC(=O)Cn1c(=S)[nH]c2cc(Cl)ccc21. The largest absolute Gasteiger partial charge is 0.355 e. The molecule has 1 heterocycles. The molecule has 0 aliphatic rings. The number of imidazole rings is 1. The summed E-state index contributed by atoms with van der Waals surface area (Å²) in [7, 11) is 0. The Bertz CT molecular complexity index is 617.